The van der Waals surface area contributed by atoms with Crippen molar-refractivity contribution in [2.24, 2.45) is 0 Å². The van der Waals surface area contributed by atoms with E-state index in [9.17, 15) is 4.79 Å². The van der Waals surface area contributed by atoms with Crippen molar-refractivity contribution in [3.8, 4) is 5.75 Å². The number of hydrogen-bond acceptors (Lipinski definition) is 2. The maximum absolute atomic E-state index is 12.1. The van der Waals surface area contributed by atoms with Gasteiger partial charge in [0.25, 0.3) is 5.91 Å². The van der Waals surface area contributed by atoms with Crippen LogP contribution in [-0.2, 0) is 4.79 Å². The molecule has 0 saturated heterocycles. The first-order chi connectivity index (χ1) is 11.0. The summed E-state index contributed by atoms with van der Waals surface area (Å²) in [6.07, 6.45) is 0.829. The Hall–Kier alpha value is -2.00. The standard InChI is InChI=1S/C19H22ClNO2/c1-4-18(15-6-5-13(2)14(3)11-15)21-19(22)12-23-17-9-7-16(20)8-10-17/h5-11,18H,4,12H2,1-3H3,(H,21,22). The van der Waals surface area contributed by atoms with Gasteiger partial charge in [-0.15, -0.1) is 0 Å². The number of halogens is 1. The van der Waals surface area contributed by atoms with E-state index >= 15 is 0 Å². The highest BCUT2D eigenvalue weighted by Crippen LogP contribution is 2.20. The lowest BCUT2D eigenvalue weighted by Gasteiger charge is -2.19. The minimum Gasteiger partial charge on any atom is -0.484 e. The van der Waals surface area contributed by atoms with Crippen LogP contribution in [0.5, 0.6) is 5.75 Å². The summed E-state index contributed by atoms with van der Waals surface area (Å²) in [5.41, 5.74) is 3.60. The van der Waals surface area contributed by atoms with Crippen LogP contribution in [0.1, 0.15) is 36.1 Å². The van der Waals surface area contributed by atoms with E-state index in [2.05, 4.69) is 44.3 Å². The molecule has 0 aromatic heterocycles. The van der Waals surface area contributed by atoms with Gasteiger partial charge < -0.3 is 10.1 Å². The molecule has 0 saturated carbocycles. The van der Waals surface area contributed by atoms with Gasteiger partial charge in [-0.25, -0.2) is 0 Å². The zero-order valence-electron chi connectivity index (χ0n) is 13.7. The SMILES string of the molecule is CCC(NC(=O)COc1ccc(Cl)cc1)c1ccc(C)c(C)c1. The predicted octanol–water partition coefficient (Wildman–Crippen LogP) is 4.60. The molecule has 0 fully saturated rings. The number of carbonyl (C=O) groups is 1. The average molecular weight is 332 g/mol. The molecule has 2 aromatic carbocycles. The maximum atomic E-state index is 12.1. The van der Waals surface area contributed by atoms with E-state index in [4.69, 9.17) is 16.3 Å². The monoisotopic (exact) mass is 331 g/mol. The zero-order chi connectivity index (χ0) is 16.8. The average Bonchev–Trinajstić information content (AvgIpc) is 2.55. The summed E-state index contributed by atoms with van der Waals surface area (Å²) >= 11 is 5.82. The highest BCUT2D eigenvalue weighted by atomic mass is 35.5. The Balaban J connectivity index is 1.94. The van der Waals surface area contributed by atoms with Crippen molar-refractivity contribution in [3.63, 3.8) is 0 Å². The van der Waals surface area contributed by atoms with Gasteiger partial charge in [0.1, 0.15) is 5.75 Å². The third kappa shape index (κ3) is 5.00. The lowest BCUT2D eigenvalue weighted by Crippen LogP contribution is -2.32. The first-order valence-corrected chi connectivity index (χ1v) is 8.12. The number of ether oxygens (including phenoxy) is 1. The second-order valence-electron chi connectivity index (χ2n) is 5.61. The van der Waals surface area contributed by atoms with Gasteiger partial charge in [0.2, 0.25) is 0 Å². The Bertz CT molecular complexity index is 668. The molecular weight excluding hydrogens is 310 g/mol. The fourth-order valence-corrected chi connectivity index (χ4v) is 2.44. The van der Waals surface area contributed by atoms with Crippen LogP contribution in [0.4, 0.5) is 0 Å². The van der Waals surface area contributed by atoms with Crippen LogP contribution in [-0.4, -0.2) is 12.5 Å². The van der Waals surface area contributed by atoms with Crippen molar-refractivity contribution in [1.82, 2.24) is 5.32 Å². The molecule has 0 spiro atoms. The van der Waals surface area contributed by atoms with E-state index in [0.717, 1.165) is 12.0 Å². The van der Waals surface area contributed by atoms with Gasteiger partial charge >= 0.3 is 0 Å². The molecule has 1 atom stereocenters. The van der Waals surface area contributed by atoms with Crippen LogP contribution < -0.4 is 10.1 Å². The smallest absolute Gasteiger partial charge is 0.258 e. The lowest BCUT2D eigenvalue weighted by atomic mass is 9.99. The summed E-state index contributed by atoms with van der Waals surface area (Å²) in [5.74, 6) is 0.494. The van der Waals surface area contributed by atoms with Crippen molar-refractivity contribution in [3.05, 3.63) is 64.2 Å². The molecule has 2 rings (SSSR count). The summed E-state index contributed by atoms with van der Waals surface area (Å²) < 4.78 is 5.48. The molecule has 122 valence electrons. The van der Waals surface area contributed by atoms with E-state index in [1.807, 2.05) is 0 Å². The Morgan fingerprint density at radius 1 is 1.13 bits per heavy atom. The quantitative estimate of drug-likeness (QED) is 0.839. The molecule has 0 bridgehead atoms. The number of rotatable bonds is 6. The summed E-state index contributed by atoms with van der Waals surface area (Å²) in [7, 11) is 0. The Morgan fingerprint density at radius 2 is 1.83 bits per heavy atom. The van der Waals surface area contributed by atoms with Crippen molar-refractivity contribution in [1.29, 1.82) is 0 Å². The minimum absolute atomic E-state index is 0.00406. The molecule has 0 aliphatic rings. The lowest BCUT2D eigenvalue weighted by molar-refractivity contribution is -0.123. The van der Waals surface area contributed by atoms with Crippen LogP contribution in [0, 0.1) is 13.8 Å². The second-order valence-corrected chi connectivity index (χ2v) is 6.05. The van der Waals surface area contributed by atoms with Crippen LogP contribution in [0.2, 0.25) is 5.02 Å². The molecule has 1 amide bonds. The molecule has 0 heterocycles. The van der Waals surface area contributed by atoms with Gasteiger partial charge in [-0.2, -0.15) is 0 Å². The van der Waals surface area contributed by atoms with Crippen LogP contribution in [0.15, 0.2) is 42.5 Å². The van der Waals surface area contributed by atoms with Gasteiger partial charge in [0, 0.05) is 5.02 Å². The molecule has 3 nitrogen and oxygen atoms in total. The fraction of sp³-hybridized carbons (Fsp3) is 0.316. The van der Waals surface area contributed by atoms with Gasteiger partial charge in [0.05, 0.1) is 6.04 Å². The van der Waals surface area contributed by atoms with Gasteiger partial charge in [-0.3, -0.25) is 4.79 Å². The largest absolute Gasteiger partial charge is 0.484 e. The summed E-state index contributed by atoms with van der Waals surface area (Å²) in [6.45, 7) is 6.21. The Labute approximate surface area is 142 Å². The first kappa shape index (κ1) is 17.4. The highest BCUT2D eigenvalue weighted by Gasteiger charge is 2.13. The molecule has 1 N–H and O–H groups in total. The molecular formula is C19H22ClNO2. The molecule has 23 heavy (non-hydrogen) atoms. The number of nitrogens with one attached hydrogen (secondary N) is 1. The summed E-state index contributed by atoms with van der Waals surface area (Å²) in [5, 5.41) is 3.66. The van der Waals surface area contributed by atoms with Crippen LogP contribution in [0.3, 0.4) is 0 Å². The number of aryl methyl sites for hydroxylation is 2. The first-order valence-electron chi connectivity index (χ1n) is 7.74. The van der Waals surface area contributed by atoms with Crippen molar-refractivity contribution >= 4 is 17.5 Å². The van der Waals surface area contributed by atoms with Crippen molar-refractivity contribution < 1.29 is 9.53 Å². The number of hydrogen-bond donors (Lipinski definition) is 1. The van der Waals surface area contributed by atoms with Crippen molar-refractivity contribution in [2.75, 3.05) is 6.61 Å². The molecule has 0 radical (unpaired) electrons. The van der Waals surface area contributed by atoms with Gasteiger partial charge in [-0.05, 0) is 61.2 Å². The van der Waals surface area contributed by atoms with E-state index in [-0.39, 0.29) is 18.6 Å². The maximum Gasteiger partial charge on any atom is 0.258 e. The van der Waals surface area contributed by atoms with E-state index in [1.54, 1.807) is 24.3 Å². The number of carbonyl (C=O) groups excluding carboxylic acids is 1. The van der Waals surface area contributed by atoms with E-state index < -0.39 is 0 Å². The fourth-order valence-electron chi connectivity index (χ4n) is 2.32. The van der Waals surface area contributed by atoms with Crippen LogP contribution >= 0.6 is 11.6 Å². The highest BCUT2D eigenvalue weighted by molar-refractivity contribution is 6.30. The Kier molecular flexibility index (Phi) is 6.05. The third-order valence-corrected chi connectivity index (χ3v) is 4.11. The zero-order valence-corrected chi connectivity index (χ0v) is 14.5. The van der Waals surface area contributed by atoms with E-state index in [1.165, 1.54) is 11.1 Å². The summed E-state index contributed by atoms with van der Waals surface area (Å²) in [6, 6.07) is 13.2. The topological polar surface area (TPSA) is 38.3 Å². The molecule has 1 unspecified atom stereocenters. The van der Waals surface area contributed by atoms with Gasteiger partial charge in [-0.1, -0.05) is 36.7 Å². The predicted molar refractivity (Wildman–Crippen MR) is 94.0 cm³/mol. The normalized spacial score (nSPS) is 11.8. The molecule has 2 aromatic rings. The molecule has 4 heteroatoms. The number of amides is 1. The molecule has 0 aliphatic carbocycles. The molecule has 0 aliphatic heterocycles. The van der Waals surface area contributed by atoms with Crippen molar-refractivity contribution in [2.45, 2.75) is 33.2 Å². The van der Waals surface area contributed by atoms with Gasteiger partial charge in [0.15, 0.2) is 6.61 Å². The second kappa shape index (κ2) is 8.02. The van der Waals surface area contributed by atoms with E-state index in [0.29, 0.717) is 10.8 Å². The van der Waals surface area contributed by atoms with Crippen LogP contribution in [0.25, 0.3) is 0 Å². The third-order valence-electron chi connectivity index (χ3n) is 3.86. The number of benzene rings is 2. The minimum atomic E-state index is -0.134. The summed E-state index contributed by atoms with van der Waals surface area (Å²) in [4.78, 5) is 12.1. The Morgan fingerprint density at radius 3 is 2.43 bits per heavy atom.